The van der Waals surface area contributed by atoms with Gasteiger partial charge in [-0.1, -0.05) is 31.8 Å². The first-order valence-corrected chi connectivity index (χ1v) is 9.31. The standard InChI is InChI=1S/C20H25N3O4/c1-13(2)19(24)21-15-7-9-16(10-8-15)26-12-17-11-18(23-27-17)20(25)22-14-5-3-4-6-14/h7-11,13-14H,3-6,12H2,1-2H3,(H,21,24)(H,22,25). The lowest BCUT2D eigenvalue weighted by atomic mass is 10.2. The molecule has 7 heteroatoms. The second-order valence-corrected chi connectivity index (χ2v) is 7.09. The second kappa shape index (κ2) is 8.70. The average Bonchev–Trinajstić information content (AvgIpc) is 3.33. The van der Waals surface area contributed by atoms with Gasteiger partial charge in [-0.3, -0.25) is 9.59 Å². The first-order valence-electron chi connectivity index (χ1n) is 9.31. The molecule has 0 bridgehead atoms. The van der Waals surface area contributed by atoms with Crippen molar-refractivity contribution in [1.29, 1.82) is 0 Å². The maximum absolute atomic E-state index is 12.2. The number of amides is 2. The molecule has 1 aromatic heterocycles. The van der Waals surface area contributed by atoms with Crippen LogP contribution in [0, 0.1) is 5.92 Å². The Labute approximate surface area is 158 Å². The zero-order chi connectivity index (χ0) is 19.2. The number of hydrogen-bond donors (Lipinski definition) is 2. The number of hydrogen-bond acceptors (Lipinski definition) is 5. The van der Waals surface area contributed by atoms with E-state index in [1.165, 1.54) is 0 Å². The monoisotopic (exact) mass is 371 g/mol. The van der Waals surface area contributed by atoms with E-state index in [9.17, 15) is 9.59 Å². The molecule has 1 saturated carbocycles. The van der Waals surface area contributed by atoms with Crippen LogP contribution >= 0.6 is 0 Å². The summed E-state index contributed by atoms with van der Waals surface area (Å²) in [6.45, 7) is 3.85. The molecule has 1 aliphatic carbocycles. The van der Waals surface area contributed by atoms with Crippen molar-refractivity contribution in [2.75, 3.05) is 5.32 Å². The molecule has 27 heavy (non-hydrogen) atoms. The molecule has 1 aliphatic rings. The number of ether oxygens (including phenoxy) is 1. The van der Waals surface area contributed by atoms with Crippen molar-refractivity contribution in [3.8, 4) is 5.75 Å². The molecule has 0 radical (unpaired) electrons. The highest BCUT2D eigenvalue weighted by atomic mass is 16.5. The topological polar surface area (TPSA) is 93.5 Å². The molecule has 1 fully saturated rings. The highest BCUT2D eigenvalue weighted by Gasteiger charge is 2.20. The summed E-state index contributed by atoms with van der Waals surface area (Å²) < 4.78 is 10.8. The second-order valence-electron chi connectivity index (χ2n) is 7.09. The summed E-state index contributed by atoms with van der Waals surface area (Å²) >= 11 is 0. The first-order chi connectivity index (χ1) is 13.0. The quantitative estimate of drug-likeness (QED) is 0.777. The van der Waals surface area contributed by atoms with Crippen molar-refractivity contribution in [3.63, 3.8) is 0 Å². The zero-order valence-electron chi connectivity index (χ0n) is 15.7. The van der Waals surface area contributed by atoms with Crippen molar-refractivity contribution >= 4 is 17.5 Å². The van der Waals surface area contributed by atoms with E-state index in [1.54, 1.807) is 30.3 Å². The number of carbonyl (C=O) groups is 2. The van der Waals surface area contributed by atoms with Crippen LogP contribution in [0.4, 0.5) is 5.69 Å². The van der Waals surface area contributed by atoms with Crippen molar-refractivity contribution in [1.82, 2.24) is 10.5 Å². The minimum atomic E-state index is -0.206. The molecule has 2 amide bonds. The van der Waals surface area contributed by atoms with Crippen LogP contribution in [-0.2, 0) is 11.4 Å². The van der Waals surface area contributed by atoms with E-state index in [4.69, 9.17) is 9.26 Å². The van der Waals surface area contributed by atoms with Gasteiger partial charge in [0.1, 0.15) is 12.4 Å². The average molecular weight is 371 g/mol. The predicted molar refractivity (Wildman–Crippen MR) is 100 cm³/mol. The smallest absolute Gasteiger partial charge is 0.273 e. The van der Waals surface area contributed by atoms with Gasteiger partial charge in [-0.25, -0.2) is 0 Å². The fourth-order valence-electron chi connectivity index (χ4n) is 2.89. The van der Waals surface area contributed by atoms with Crippen LogP contribution in [0.25, 0.3) is 0 Å². The van der Waals surface area contributed by atoms with Crippen molar-refractivity contribution in [2.45, 2.75) is 52.2 Å². The maximum atomic E-state index is 12.2. The van der Waals surface area contributed by atoms with Gasteiger partial charge in [0.2, 0.25) is 5.91 Å². The van der Waals surface area contributed by atoms with Gasteiger partial charge in [0.25, 0.3) is 5.91 Å². The molecule has 0 aliphatic heterocycles. The maximum Gasteiger partial charge on any atom is 0.273 e. The van der Waals surface area contributed by atoms with Gasteiger partial charge < -0.3 is 19.9 Å². The summed E-state index contributed by atoms with van der Waals surface area (Å²) in [5.41, 5.74) is 0.985. The summed E-state index contributed by atoms with van der Waals surface area (Å²) in [5.74, 6) is 0.790. The van der Waals surface area contributed by atoms with Gasteiger partial charge in [-0.2, -0.15) is 0 Å². The molecule has 0 unspecified atom stereocenters. The summed E-state index contributed by atoms with van der Waals surface area (Å²) in [6.07, 6.45) is 4.35. The molecule has 7 nitrogen and oxygen atoms in total. The Morgan fingerprint density at radius 2 is 1.93 bits per heavy atom. The molecule has 0 saturated heterocycles. The van der Waals surface area contributed by atoms with Crippen LogP contribution < -0.4 is 15.4 Å². The molecule has 0 atom stereocenters. The summed E-state index contributed by atoms with van der Waals surface area (Å²) in [7, 11) is 0. The van der Waals surface area contributed by atoms with Crippen LogP contribution in [0.5, 0.6) is 5.75 Å². The highest BCUT2D eigenvalue weighted by Crippen LogP contribution is 2.19. The number of aromatic nitrogens is 1. The zero-order valence-corrected chi connectivity index (χ0v) is 15.7. The van der Waals surface area contributed by atoms with Gasteiger partial charge in [-0.05, 0) is 37.1 Å². The van der Waals surface area contributed by atoms with E-state index in [0.29, 0.717) is 17.2 Å². The Morgan fingerprint density at radius 1 is 1.22 bits per heavy atom. The number of rotatable bonds is 7. The van der Waals surface area contributed by atoms with Crippen LogP contribution in [-0.4, -0.2) is 23.0 Å². The third kappa shape index (κ3) is 5.32. The van der Waals surface area contributed by atoms with E-state index in [-0.39, 0.29) is 36.1 Å². The van der Waals surface area contributed by atoms with E-state index in [0.717, 1.165) is 25.7 Å². The van der Waals surface area contributed by atoms with Gasteiger partial charge >= 0.3 is 0 Å². The van der Waals surface area contributed by atoms with Crippen molar-refractivity contribution < 1.29 is 18.8 Å². The number of benzene rings is 1. The van der Waals surface area contributed by atoms with Crippen molar-refractivity contribution in [3.05, 3.63) is 41.8 Å². The fourth-order valence-corrected chi connectivity index (χ4v) is 2.89. The van der Waals surface area contributed by atoms with Crippen LogP contribution in [0.2, 0.25) is 0 Å². The van der Waals surface area contributed by atoms with Crippen LogP contribution in [0.1, 0.15) is 55.8 Å². The first kappa shape index (κ1) is 18.9. The van der Waals surface area contributed by atoms with E-state index < -0.39 is 0 Å². The molecule has 1 heterocycles. The number of nitrogens with one attached hydrogen (secondary N) is 2. The van der Waals surface area contributed by atoms with Crippen LogP contribution in [0.15, 0.2) is 34.9 Å². The largest absolute Gasteiger partial charge is 0.486 e. The number of nitrogens with zero attached hydrogens (tertiary/aromatic N) is 1. The molecular formula is C20H25N3O4. The molecule has 1 aromatic carbocycles. The van der Waals surface area contributed by atoms with Crippen molar-refractivity contribution in [2.24, 2.45) is 5.92 Å². The lowest BCUT2D eigenvalue weighted by molar-refractivity contribution is -0.118. The summed E-state index contributed by atoms with van der Waals surface area (Å²) in [5, 5.41) is 9.61. The third-order valence-corrected chi connectivity index (χ3v) is 4.51. The Hall–Kier alpha value is -2.83. The Kier molecular flexibility index (Phi) is 6.11. The lowest BCUT2D eigenvalue weighted by Crippen LogP contribution is -2.32. The number of carbonyl (C=O) groups excluding carboxylic acids is 2. The minimum absolute atomic E-state index is 0.0336. The Balaban J connectivity index is 1.49. The molecule has 3 rings (SSSR count). The number of anilines is 1. The molecule has 2 aromatic rings. The predicted octanol–water partition coefficient (Wildman–Crippen LogP) is 3.52. The summed E-state index contributed by atoms with van der Waals surface area (Å²) in [6, 6.07) is 8.91. The van der Waals surface area contributed by atoms with E-state index in [2.05, 4.69) is 15.8 Å². The van der Waals surface area contributed by atoms with Gasteiger partial charge in [0.15, 0.2) is 11.5 Å². The molecule has 2 N–H and O–H groups in total. The Bertz CT molecular complexity index is 777. The summed E-state index contributed by atoms with van der Waals surface area (Å²) in [4.78, 5) is 23.8. The van der Waals surface area contributed by atoms with Gasteiger partial charge in [0.05, 0.1) is 0 Å². The Morgan fingerprint density at radius 3 is 2.59 bits per heavy atom. The van der Waals surface area contributed by atoms with Crippen LogP contribution in [0.3, 0.4) is 0 Å². The minimum Gasteiger partial charge on any atom is -0.486 e. The normalized spacial score (nSPS) is 14.3. The van der Waals surface area contributed by atoms with E-state index >= 15 is 0 Å². The lowest BCUT2D eigenvalue weighted by Gasteiger charge is -2.09. The van der Waals surface area contributed by atoms with Gasteiger partial charge in [-0.15, -0.1) is 0 Å². The van der Waals surface area contributed by atoms with Gasteiger partial charge in [0, 0.05) is 23.7 Å². The molecular weight excluding hydrogens is 346 g/mol. The highest BCUT2D eigenvalue weighted by molar-refractivity contribution is 5.92. The molecule has 144 valence electrons. The fraction of sp³-hybridized carbons (Fsp3) is 0.450. The SMILES string of the molecule is CC(C)C(=O)Nc1ccc(OCc2cc(C(=O)NC3CCCC3)no2)cc1. The molecule has 0 spiro atoms. The van der Waals surface area contributed by atoms with E-state index in [1.807, 2.05) is 13.8 Å². The third-order valence-electron chi connectivity index (χ3n) is 4.51.